The van der Waals surface area contributed by atoms with E-state index in [1.54, 1.807) is 11.8 Å². The molecular weight excluding hydrogens is 367 g/mol. The molecule has 0 aliphatic carbocycles. The highest BCUT2D eigenvalue weighted by molar-refractivity contribution is 9.10. The molecule has 21 heavy (non-hydrogen) atoms. The molecular formula is C14H17BrF3NOS. The Hall–Kier alpha value is -0.690. The molecule has 0 fully saturated rings. The Labute approximate surface area is 135 Å². The summed E-state index contributed by atoms with van der Waals surface area (Å²) in [5, 5.41) is 2.72. The van der Waals surface area contributed by atoms with Crippen molar-refractivity contribution in [2.24, 2.45) is 0 Å². The van der Waals surface area contributed by atoms with E-state index < -0.39 is 17.6 Å². The Morgan fingerprint density at radius 2 is 2.10 bits per heavy atom. The van der Waals surface area contributed by atoms with Gasteiger partial charge in [-0.25, -0.2) is 0 Å². The SMILES string of the molecule is CCSCCC(C)NC(=O)c1ccc(Br)c(C(F)(F)F)c1. The van der Waals surface area contributed by atoms with Crippen molar-refractivity contribution < 1.29 is 18.0 Å². The van der Waals surface area contributed by atoms with E-state index in [1.807, 2.05) is 6.92 Å². The molecule has 1 rings (SSSR count). The van der Waals surface area contributed by atoms with Gasteiger partial charge < -0.3 is 5.32 Å². The Morgan fingerprint density at radius 3 is 2.67 bits per heavy atom. The van der Waals surface area contributed by atoms with Crippen LogP contribution in [0.4, 0.5) is 13.2 Å². The van der Waals surface area contributed by atoms with Gasteiger partial charge in [-0.3, -0.25) is 4.79 Å². The van der Waals surface area contributed by atoms with Crippen molar-refractivity contribution in [3.63, 3.8) is 0 Å². The number of halogens is 4. The molecule has 1 amide bonds. The Bertz CT molecular complexity index is 494. The maximum atomic E-state index is 12.8. The van der Waals surface area contributed by atoms with Gasteiger partial charge in [0.25, 0.3) is 5.91 Å². The number of nitrogens with one attached hydrogen (secondary N) is 1. The van der Waals surface area contributed by atoms with Crippen LogP contribution in [0, 0.1) is 0 Å². The van der Waals surface area contributed by atoms with Crippen molar-refractivity contribution in [2.45, 2.75) is 32.5 Å². The van der Waals surface area contributed by atoms with Crippen LogP contribution < -0.4 is 5.32 Å². The van der Waals surface area contributed by atoms with Crippen LogP contribution >= 0.6 is 27.7 Å². The summed E-state index contributed by atoms with van der Waals surface area (Å²) in [6.07, 6.45) is -3.70. The fourth-order valence-corrected chi connectivity index (χ4v) is 2.95. The molecule has 0 radical (unpaired) electrons. The van der Waals surface area contributed by atoms with Crippen molar-refractivity contribution in [2.75, 3.05) is 11.5 Å². The lowest BCUT2D eigenvalue weighted by Gasteiger charge is -2.15. The fraction of sp³-hybridized carbons (Fsp3) is 0.500. The first-order valence-corrected chi connectivity index (χ1v) is 8.45. The lowest BCUT2D eigenvalue weighted by molar-refractivity contribution is -0.138. The van der Waals surface area contributed by atoms with Crippen molar-refractivity contribution in [3.05, 3.63) is 33.8 Å². The van der Waals surface area contributed by atoms with E-state index in [9.17, 15) is 18.0 Å². The van der Waals surface area contributed by atoms with E-state index in [0.717, 1.165) is 24.0 Å². The first-order chi connectivity index (χ1) is 9.75. The number of carbonyl (C=O) groups is 1. The second-order valence-electron chi connectivity index (χ2n) is 4.55. The van der Waals surface area contributed by atoms with E-state index >= 15 is 0 Å². The molecule has 2 nitrogen and oxygen atoms in total. The maximum absolute atomic E-state index is 12.8. The maximum Gasteiger partial charge on any atom is 0.417 e. The number of rotatable bonds is 6. The molecule has 1 N–H and O–H groups in total. The minimum absolute atomic E-state index is 0.0144. The molecule has 0 aliphatic rings. The average molecular weight is 384 g/mol. The highest BCUT2D eigenvalue weighted by Crippen LogP contribution is 2.35. The first kappa shape index (κ1) is 18.4. The van der Waals surface area contributed by atoms with E-state index in [4.69, 9.17) is 0 Å². The van der Waals surface area contributed by atoms with Gasteiger partial charge in [0.1, 0.15) is 0 Å². The van der Waals surface area contributed by atoms with Crippen LogP contribution in [0.25, 0.3) is 0 Å². The Morgan fingerprint density at radius 1 is 1.43 bits per heavy atom. The van der Waals surface area contributed by atoms with E-state index in [1.165, 1.54) is 12.1 Å². The van der Waals surface area contributed by atoms with Crippen molar-refractivity contribution >= 4 is 33.6 Å². The third kappa shape index (κ3) is 5.90. The summed E-state index contributed by atoms with van der Waals surface area (Å²) in [7, 11) is 0. The van der Waals surface area contributed by atoms with Crippen LogP contribution in [0.3, 0.4) is 0 Å². The minimum atomic E-state index is -4.49. The second kappa shape index (κ2) is 8.08. The van der Waals surface area contributed by atoms with Crippen LogP contribution in [0.1, 0.15) is 36.2 Å². The van der Waals surface area contributed by atoms with Crippen LogP contribution in [0.5, 0.6) is 0 Å². The molecule has 7 heteroatoms. The summed E-state index contributed by atoms with van der Waals surface area (Å²) in [5.41, 5.74) is -0.829. The summed E-state index contributed by atoms with van der Waals surface area (Å²) in [6, 6.07) is 3.42. The minimum Gasteiger partial charge on any atom is -0.350 e. The highest BCUT2D eigenvalue weighted by Gasteiger charge is 2.33. The molecule has 118 valence electrons. The Kier molecular flexibility index (Phi) is 7.06. The van der Waals surface area contributed by atoms with Crippen molar-refractivity contribution in [3.8, 4) is 0 Å². The smallest absolute Gasteiger partial charge is 0.350 e. The third-order valence-corrected chi connectivity index (χ3v) is 4.43. The number of hydrogen-bond donors (Lipinski definition) is 1. The number of amides is 1. The zero-order chi connectivity index (χ0) is 16.0. The normalized spacial score (nSPS) is 13.0. The molecule has 1 unspecified atom stereocenters. The molecule has 0 aliphatic heterocycles. The Balaban J connectivity index is 2.75. The van der Waals surface area contributed by atoms with Crippen LogP contribution in [-0.2, 0) is 6.18 Å². The number of benzene rings is 1. The molecule has 0 bridgehead atoms. The van der Waals surface area contributed by atoms with Crippen LogP contribution in [-0.4, -0.2) is 23.5 Å². The zero-order valence-electron chi connectivity index (χ0n) is 11.8. The summed E-state index contributed by atoms with van der Waals surface area (Å²) < 4.78 is 38.3. The molecule has 0 saturated carbocycles. The molecule has 1 aromatic rings. The number of carbonyl (C=O) groups excluding carboxylic acids is 1. The number of thioether (sulfide) groups is 1. The van der Waals surface area contributed by atoms with E-state index in [0.29, 0.717) is 0 Å². The largest absolute Gasteiger partial charge is 0.417 e. The molecule has 1 atom stereocenters. The summed E-state index contributed by atoms with van der Waals surface area (Å²) in [4.78, 5) is 12.0. The first-order valence-electron chi connectivity index (χ1n) is 6.51. The van der Waals surface area contributed by atoms with Gasteiger partial charge in [-0.2, -0.15) is 24.9 Å². The zero-order valence-corrected chi connectivity index (χ0v) is 14.2. The van der Waals surface area contributed by atoms with Crippen molar-refractivity contribution in [1.82, 2.24) is 5.32 Å². The topological polar surface area (TPSA) is 29.1 Å². The third-order valence-electron chi connectivity index (χ3n) is 2.81. The van der Waals surface area contributed by atoms with Crippen molar-refractivity contribution in [1.29, 1.82) is 0 Å². The average Bonchev–Trinajstić information content (AvgIpc) is 2.38. The second-order valence-corrected chi connectivity index (χ2v) is 6.80. The predicted molar refractivity (Wildman–Crippen MR) is 83.7 cm³/mol. The predicted octanol–water partition coefficient (Wildman–Crippen LogP) is 4.73. The fourth-order valence-electron chi connectivity index (χ4n) is 1.67. The molecule has 0 aromatic heterocycles. The van der Waals surface area contributed by atoms with Gasteiger partial charge in [0.05, 0.1) is 5.56 Å². The summed E-state index contributed by atoms with van der Waals surface area (Å²) in [5.74, 6) is 1.43. The van der Waals surface area contributed by atoms with E-state index in [-0.39, 0.29) is 16.1 Å². The van der Waals surface area contributed by atoms with Gasteiger partial charge >= 0.3 is 6.18 Å². The highest BCUT2D eigenvalue weighted by atomic mass is 79.9. The summed E-state index contributed by atoms with van der Waals surface area (Å²) in [6.45, 7) is 3.89. The molecule has 1 aromatic carbocycles. The monoisotopic (exact) mass is 383 g/mol. The van der Waals surface area contributed by atoms with Crippen LogP contribution in [0.2, 0.25) is 0 Å². The van der Waals surface area contributed by atoms with Crippen LogP contribution in [0.15, 0.2) is 22.7 Å². The quantitative estimate of drug-likeness (QED) is 0.719. The van der Waals surface area contributed by atoms with Gasteiger partial charge in [-0.1, -0.05) is 22.9 Å². The summed E-state index contributed by atoms with van der Waals surface area (Å²) >= 11 is 4.61. The van der Waals surface area contributed by atoms with Gasteiger partial charge in [-0.15, -0.1) is 0 Å². The van der Waals surface area contributed by atoms with Gasteiger partial charge in [0.2, 0.25) is 0 Å². The van der Waals surface area contributed by atoms with Gasteiger partial charge in [0, 0.05) is 16.1 Å². The molecule has 0 spiro atoms. The number of hydrogen-bond acceptors (Lipinski definition) is 2. The molecule has 0 heterocycles. The van der Waals surface area contributed by atoms with Gasteiger partial charge in [0.15, 0.2) is 0 Å². The lowest BCUT2D eigenvalue weighted by Crippen LogP contribution is -2.33. The lowest BCUT2D eigenvalue weighted by atomic mass is 10.1. The van der Waals surface area contributed by atoms with E-state index in [2.05, 4.69) is 28.2 Å². The molecule has 0 saturated heterocycles. The number of alkyl halides is 3. The van der Waals surface area contributed by atoms with Gasteiger partial charge in [-0.05, 0) is 43.0 Å². The standard InChI is InChI=1S/C14H17BrF3NOS/c1-3-21-7-6-9(2)19-13(20)10-4-5-12(15)11(8-10)14(16,17)18/h4-5,8-9H,3,6-7H2,1-2H3,(H,19,20).